The lowest BCUT2D eigenvalue weighted by Crippen LogP contribution is -2.62. The van der Waals surface area contributed by atoms with Crippen LogP contribution in [0, 0.1) is 29.1 Å². The molecule has 0 radical (unpaired) electrons. The molecule has 3 aliphatic carbocycles. The Bertz CT molecular complexity index is 1950. The molecule has 2 amide bonds. The van der Waals surface area contributed by atoms with Crippen LogP contribution in [0.1, 0.15) is 62.0 Å². The van der Waals surface area contributed by atoms with Gasteiger partial charge in [0, 0.05) is 83.2 Å². The number of guanidine groups is 1. The number of aliphatic imine (C=N–C) groups is 1. The standard InChI is InChI=1S/C47H67N7O5/c1-29-38-25-35(47(38,3)4)26-39(29)50-45(57)42-41(30(2)55)40(27-49-46(52(7)8)53(9)10)59-54(42)28-32-18-15-19-37(43(32)58-11)33-22-34(24-36(23-33)51(5)6)44(56)48-21-20-31-16-13-12-14-17-31/h12-19,22-24,29-30,35,38-42,55H,20-21,25-28H2,1-11H3,(H,48,56)(H,50,57)/t29-,30-,35+,38-,39?,40-,41+,42-/m0/s1. The monoisotopic (exact) mass is 810 g/mol. The highest BCUT2D eigenvalue weighted by Gasteiger charge is 2.57. The summed E-state index contributed by atoms with van der Waals surface area (Å²) in [5.41, 5.74) is 5.29. The first-order valence-corrected chi connectivity index (χ1v) is 21.1. The van der Waals surface area contributed by atoms with E-state index in [0.717, 1.165) is 46.7 Å². The van der Waals surface area contributed by atoms with Gasteiger partial charge in [0.15, 0.2) is 5.96 Å². The van der Waals surface area contributed by atoms with Gasteiger partial charge >= 0.3 is 0 Å². The summed E-state index contributed by atoms with van der Waals surface area (Å²) in [5.74, 6) is 2.00. The molecule has 3 N–H and O–H groups in total. The molecular weight excluding hydrogens is 743 g/mol. The second-order valence-corrected chi connectivity index (χ2v) is 18.1. The first-order chi connectivity index (χ1) is 28.0. The highest BCUT2D eigenvalue weighted by atomic mass is 16.7. The number of anilines is 1. The van der Waals surface area contributed by atoms with Crippen molar-refractivity contribution in [2.45, 2.75) is 77.8 Å². The van der Waals surface area contributed by atoms with Crippen LogP contribution in [0.2, 0.25) is 0 Å². The van der Waals surface area contributed by atoms with Gasteiger partial charge in [-0.15, -0.1) is 0 Å². The van der Waals surface area contributed by atoms with E-state index in [1.807, 2.05) is 112 Å². The number of carbonyl (C=O) groups is 2. The van der Waals surface area contributed by atoms with Crippen molar-refractivity contribution in [1.29, 1.82) is 0 Å². The fraction of sp³-hybridized carbons (Fsp3) is 0.553. The lowest BCUT2D eigenvalue weighted by Gasteiger charge is -2.62. The maximum absolute atomic E-state index is 14.7. The van der Waals surface area contributed by atoms with Gasteiger partial charge < -0.3 is 35.2 Å². The van der Waals surface area contributed by atoms with Gasteiger partial charge in [-0.3, -0.25) is 19.4 Å². The molecule has 1 aliphatic heterocycles. The summed E-state index contributed by atoms with van der Waals surface area (Å²) in [7, 11) is 13.3. The van der Waals surface area contributed by atoms with Gasteiger partial charge in [0.25, 0.3) is 5.91 Å². The normalized spacial score (nSPS) is 25.0. The van der Waals surface area contributed by atoms with Gasteiger partial charge in [0.05, 0.1) is 26.3 Å². The molecule has 2 bridgehead atoms. The van der Waals surface area contributed by atoms with Crippen molar-refractivity contribution in [3.63, 3.8) is 0 Å². The SMILES string of the molecule is COc1c(CN2O[C@@H](CN=C(N(C)C)N(C)C)[C@@H]([C@H](C)O)[C@H]2C(=O)NC2C[C@H]3C[C@@H]([C@@H]2C)C3(C)C)cccc1-c1cc(C(=O)NCCc2ccccc2)cc(N(C)C)c1. The second-order valence-electron chi connectivity index (χ2n) is 18.1. The summed E-state index contributed by atoms with van der Waals surface area (Å²) in [5, 5.41) is 19.7. The second kappa shape index (κ2) is 18.3. The van der Waals surface area contributed by atoms with Gasteiger partial charge in [-0.2, -0.15) is 5.06 Å². The number of rotatable bonds is 14. The molecule has 8 atom stereocenters. The van der Waals surface area contributed by atoms with E-state index < -0.39 is 24.2 Å². The third kappa shape index (κ3) is 9.40. The molecule has 1 unspecified atom stereocenters. The molecule has 1 heterocycles. The Balaban J connectivity index is 1.31. The summed E-state index contributed by atoms with van der Waals surface area (Å²) >= 11 is 0. The van der Waals surface area contributed by atoms with Crippen LogP contribution in [-0.4, -0.2) is 125 Å². The fourth-order valence-electron chi connectivity index (χ4n) is 9.91. The average Bonchev–Trinajstić information content (AvgIpc) is 3.56. The summed E-state index contributed by atoms with van der Waals surface area (Å²) in [6.45, 7) is 9.71. The summed E-state index contributed by atoms with van der Waals surface area (Å²) in [4.78, 5) is 45.8. The van der Waals surface area contributed by atoms with Crippen LogP contribution < -0.4 is 20.3 Å². The number of benzene rings is 3. The van der Waals surface area contributed by atoms with Gasteiger partial charge in [0.1, 0.15) is 17.9 Å². The molecule has 12 nitrogen and oxygen atoms in total. The van der Waals surface area contributed by atoms with Crippen LogP contribution in [-0.2, 0) is 22.6 Å². The van der Waals surface area contributed by atoms with E-state index in [9.17, 15) is 14.7 Å². The third-order valence-corrected chi connectivity index (χ3v) is 13.3. The highest BCUT2D eigenvalue weighted by Crippen LogP contribution is 2.61. The number of amides is 2. The fourth-order valence-corrected chi connectivity index (χ4v) is 9.91. The van der Waals surface area contributed by atoms with Gasteiger partial charge in [-0.05, 0) is 78.7 Å². The van der Waals surface area contributed by atoms with E-state index in [4.69, 9.17) is 14.6 Å². The van der Waals surface area contributed by atoms with Crippen LogP contribution in [0.3, 0.4) is 0 Å². The van der Waals surface area contributed by atoms with E-state index in [1.54, 1.807) is 19.1 Å². The minimum Gasteiger partial charge on any atom is -0.496 e. The zero-order chi connectivity index (χ0) is 42.8. The third-order valence-electron chi connectivity index (χ3n) is 13.3. The van der Waals surface area contributed by atoms with Crippen molar-refractivity contribution in [3.8, 4) is 16.9 Å². The Hall–Kier alpha value is -4.65. The number of hydrogen-bond acceptors (Lipinski definition) is 8. The zero-order valence-corrected chi connectivity index (χ0v) is 37.0. The number of carbonyl (C=O) groups excluding carboxylic acids is 2. The minimum absolute atomic E-state index is 0.0495. The molecule has 0 aromatic heterocycles. The lowest BCUT2D eigenvalue weighted by atomic mass is 9.45. The Labute approximate surface area is 351 Å². The average molecular weight is 810 g/mol. The molecule has 59 heavy (non-hydrogen) atoms. The first-order valence-electron chi connectivity index (χ1n) is 21.1. The Morgan fingerprint density at radius 3 is 2.32 bits per heavy atom. The van der Waals surface area contributed by atoms with Crippen molar-refractivity contribution >= 4 is 23.5 Å². The summed E-state index contributed by atoms with van der Waals surface area (Å²) < 4.78 is 6.18. The van der Waals surface area contributed by atoms with Crippen LogP contribution in [0.5, 0.6) is 5.75 Å². The minimum atomic E-state index is -0.853. The predicted octanol–water partition coefficient (Wildman–Crippen LogP) is 5.55. The number of ether oxygens (including phenoxy) is 1. The maximum atomic E-state index is 14.7. The number of fused-ring (bicyclic) bond motifs is 2. The quantitative estimate of drug-likeness (QED) is 0.142. The van der Waals surface area contributed by atoms with E-state index in [0.29, 0.717) is 35.6 Å². The summed E-state index contributed by atoms with van der Waals surface area (Å²) in [6.07, 6.45) is 1.47. The molecule has 4 aliphatic rings. The van der Waals surface area contributed by atoms with Gasteiger partial charge in [-0.25, -0.2) is 0 Å². The number of aliphatic hydroxyl groups excluding tert-OH is 1. The number of hydrogen-bond donors (Lipinski definition) is 3. The van der Waals surface area contributed by atoms with Crippen LogP contribution in [0.4, 0.5) is 5.69 Å². The van der Waals surface area contributed by atoms with Gasteiger partial charge in [-0.1, -0.05) is 69.3 Å². The Morgan fingerprint density at radius 1 is 1.00 bits per heavy atom. The van der Waals surface area contributed by atoms with E-state index in [2.05, 4.69) is 43.5 Å². The largest absolute Gasteiger partial charge is 0.496 e. The number of nitrogens with one attached hydrogen (secondary N) is 2. The summed E-state index contributed by atoms with van der Waals surface area (Å²) in [6, 6.07) is 21.1. The number of aliphatic hydroxyl groups is 1. The molecule has 4 fully saturated rings. The van der Waals surface area contributed by atoms with E-state index in [-0.39, 0.29) is 36.4 Å². The van der Waals surface area contributed by atoms with Crippen molar-refractivity contribution in [2.75, 3.05) is 67.4 Å². The van der Waals surface area contributed by atoms with Crippen molar-refractivity contribution < 1.29 is 24.3 Å². The van der Waals surface area contributed by atoms with Gasteiger partial charge in [0.2, 0.25) is 5.91 Å². The molecule has 3 saturated carbocycles. The first kappa shape index (κ1) is 43.9. The van der Waals surface area contributed by atoms with Crippen molar-refractivity contribution in [2.24, 2.45) is 34.1 Å². The van der Waals surface area contributed by atoms with Crippen LogP contribution in [0.25, 0.3) is 11.1 Å². The van der Waals surface area contributed by atoms with E-state index in [1.165, 1.54) is 6.42 Å². The molecule has 320 valence electrons. The van der Waals surface area contributed by atoms with E-state index >= 15 is 0 Å². The molecule has 0 spiro atoms. The molecular formula is C47H67N7O5. The van der Waals surface area contributed by atoms with Crippen LogP contribution >= 0.6 is 0 Å². The number of hydroxylamine groups is 2. The lowest BCUT2D eigenvalue weighted by molar-refractivity contribution is -0.175. The number of para-hydroxylation sites is 1. The predicted molar refractivity (Wildman–Crippen MR) is 235 cm³/mol. The number of nitrogens with zero attached hydrogens (tertiary/aromatic N) is 5. The van der Waals surface area contributed by atoms with Crippen molar-refractivity contribution in [3.05, 3.63) is 83.4 Å². The molecule has 3 aromatic rings. The maximum Gasteiger partial charge on any atom is 0.251 e. The smallest absolute Gasteiger partial charge is 0.251 e. The van der Waals surface area contributed by atoms with Crippen LogP contribution in [0.15, 0.2) is 71.7 Å². The highest BCUT2D eigenvalue weighted by molar-refractivity contribution is 5.97. The molecule has 1 saturated heterocycles. The Kier molecular flexibility index (Phi) is 13.6. The topological polar surface area (TPSA) is 122 Å². The van der Waals surface area contributed by atoms with Crippen molar-refractivity contribution in [1.82, 2.24) is 25.5 Å². The molecule has 12 heteroatoms. The Morgan fingerprint density at radius 2 is 1.71 bits per heavy atom. The molecule has 3 aromatic carbocycles. The number of methoxy groups -OCH3 is 1. The molecule has 7 rings (SSSR count). The zero-order valence-electron chi connectivity index (χ0n) is 37.0.